The average Bonchev–Trinajstić information content (AvgIpc) is 3.28. The minimum absolute atomic E-state index is 0.101. The van der Waals surface area contributed by atoms with Gasteiger partial charge in [0.15, 0.2) is 0 Å². The largest absolute Gasteiger partial charge is 0.493 e. The lowest BCUT2D eigenvalue weighted by molar-refractivity contribution is -0.144. The molecule has 0 spiro atoms. The first-order chi connectivity index (χ1) is 31.0. The van der Waals surface area contributed by atoms with Crippen LogP contribution in [-0.2, 0) is 35.2 Å². The van der Waals surface area contributed by atoms with E-state index in [0.717, 1.165) is 82.6 Å². The summed E-state index contributed by atoms with van der Waals surface area (Å²) in [5.41, 5.74) is 0.761. The molecule has 0 aromatic heterocycles. The first-order valence-electron chi connectivity index (χ1n) is 25.1. The fraction of sp³-hybridized carbons (Fsp3) is 0.685. The molecule has 0 unspecified atom stereocenters. The maximum atomic E-state index is 12.2. The number of likely N-dealkylation sites (N-methyl/N-ethyl adjacent to an activating group) is 1. The molecule has 0 saturated heterocycles. The van der Waals surface area contributed by atoms with E-state index in [-0.39, 0.29) is 31.1 Å². The Morgan fingerprint density at radius 1 is 0.444 bits per heavy atom. The summed E-state index contributed by atoms with van der Waals surface area (Å²) in [6.45, 7) is 6.36. The van der Waals surface area contributed by atoms with Gasteiger partial charge < -0.3 is 29.0 Å². The second-order valence-electron chi connectivity index (χ2n) is 16.5. The summed E-state index contributed by atoms with van der Waals surface area (Å²) in [7, 11) is 1.70. The summed E-state index contributed by atoms with van der Waals surface area (Å²) in [5, 5.41) is 2.80. The van der Waals surface area contributed by atoms with E-state index in [1.807, 2.05) is 18.2 Å². The number of allylic oxidation sites excluding steroid dienone is 8. The van der Waals surface area contributed by atoms with Gasteiger partial charge in [-0.15, -0.1) is 0 Å². The third-order valence-electron chi connectivity index (χ3n) is 10.5. The normalized spacial score (nSPS) is 11.7. The quantitative estimate of drug-likeness (QED) is 0.0296. The Kier molecular flexibility index (Phi) is 40.6. The maximum absolute atomic E-state index is 12.2. The molecule has 0 amide bonds. The molecule has 1 aromatic rings. The molecule has 1 rings (SSSR count). The smallest absolute Gasteiger partial charge is 0.320 e. The number of unbranched alkanes of at least 4 members (excludes halogenated alkanes) is 18. The predicted molar refractivity (Wildman–Crippen MR) is 260 cm³/mol. The number of esters is 3. The van der Waals surface area contributed by atoms with Crippen molar-refractivity contribution < 1.29 is 38.1 Å². The Bertz CT molecular complexity index is 1280. The number of nitrogens with one attached hydrogen (secondary N) is 1. The van der Waals surface area contributed by atoms with Gasteiger partial charge in [0.1, 0.15) is 18.1 Å². The highest BCUT2D eigenvalue weighted by Gasteiger charge is 2.09. The van der Waals surface area contributed by atoms with E-state index in [2.05, 4.69) is 67.8 Å². The lowest BCUT2D eigenvalue weighted by Gasteiger charge is -2.13. The summed E-state index contributed by atoms with van der Waals surface area (Å²) in [6.07, 6.45) is 47.5. The van der Waals surface area contributed by atoms with E-state index in [4.69, 9.17) is 23.7 Å². The lowest BCUT2D eigenvalue weighted by Crippen LogP contribution is -2.20. The molecule has 0 heterocycles. The van der Waals surface area contributed by atoms with Gasteiger partial charge >= 0.3 is 17.9 Å². The van der Waals surface area contributed by atoms with Crippen molar-refractivity contribution in [3.05, 3.63) is 72.4 Å². The van der Waals surface area contributed by atoms with Gasteiger partial charge in [0.05, 0.1) is 33.0 Å². The van der Waals surface area contributed by atoms with Crippen LogP contribution >= 0.6 is 0 Å². The molecular formula is C54H89NO8. The Labute approximate surface area is 384 Å². The van der Waals surface area contributed by atoms with E-state index < -0.39 is 0 Å². The number of ether oxygens (including phenoxy) is 5. The Morgan fingerprint density at radius 2 is 0.841 bits per heavy atom. The molecule has 1 N–H and O–H groups in total. The highest BCUT2D eigenvalue weighted by molar-refractivity contribution is 5.71. The minimum atomic E-state index is -0.346. The van der Waals surface area contributed by atoms with Crippen molar-refractivity contribution in [2.75, 3.05) is 40.0 Å². The molecule has 1 aromatic carbocycles. The van der Waals surface area contributed by atoms with Crippen molar-refractivity contribution in [2.45, 2.75) is 200 Å². The second-order valence-corrected chi connectivity index (χ2v) is 16.5. The van der Waals surface area contributed by atoms with Crippen molar-refractivity contribution in [1.82, 2.24) is 5.32 Å². The highest BCUT2D eigenvalue weighted by Crippen LogP contribution is 2.24. The summed E-state index contributed by atoms with van der Waals surface area (Å²) >= 11 is 0. The Hall–Kier alpha value is -3.85. The van der Waals surface area contributed by atoms with E-state index >= 15 is 0 Å². The summed E-state index contributed by atoms with van der Waals surface area (Å²) in [6, 6.07) is 5.52. The van der Waals surface area contributed by atoms with Gasteiger partial charge in [-0.25, -0.2) is 0 Å². The predicted octanol–water partition coefficient (Wildman–Crippen LogP) is 14.0. The third kappa shape index (κ3) is 39.5. The Balaban J connectivity index is 2.20. The van der Waals surface area contributed by atoms with Crippen LogP contribution in [-0.4, -0.2) is 57.9 Å². The molecule has 0 fully saturated rings. The topological polar surface area (TPSA) is 109 Å². The molecule has 0 aliphatic carbocycles. The standard InChI is InChI=1S/C54H89NO8/c1-4-6-8-10-12-14-16-18-20-22-24-26-28-30-32-38-52(56)61-42-36-34-40-59-50-44-49(48-63-54(58)47-55-3)45-51(46-50)60-41-35-37-43-62-53(57)39-33-31-29-27-25-23-21-19-17-15-13-11-9-7-5-2/h12-15,18-21,44-46,55H,4-11,16-17,22-43,47-48H2,1-3H3/b14-12-,15-13-,20-18-,21-19-. The van der Waals surface area contributed by atoms with Crippen LogP contribution in [0.1, 0.15) is 199 Å². The highest BCUT2D eigenvalue weighted by atomic mass is 16.5. The van der Waals surface area contributed by atoms with Crippen molar-refractivity contribution >= 4 is 17.9 Å². The fourth-order valence-electron chi connectivity index (χ4n) is 6.71. The summed E-state index contributed by atoms with van der Waals surface area (Å²) in [4.78, 5) is 36.4. The molecule has 0 aliphatic rings. The summed E-state index contributed by atoms with van der Waals surface area (Å²) in [5.74, 6) is 0.630. The zero-order valence-corrected chi connectivity index (χ0v) is 40.2. The van der Waals surface area contributed by atoms with Gasteiger partial charge in [-0.2, -0.15) is 0 Å². The molecule has 9 nitrogen and oxygen atoms in total. The molecule has 0 atom stereocenters. The van der Waals surface area contributed by atoms with Crippen molar-refractivity contribution in [3.63, 3.8) is 0 Å². The second kappa shape index (κ2) is 44.7. The van der Waals surface area contributed by atoms with Crippen LogP contribution in [0.5, 0.6) is 11.5 Å². The molecule has 0 saturated carbocycles. The maximum Gasteiger partial charge on any atom is 0.320 e. The van der Waals surface area contributed by atoms with Crippen LogP contribution < -0.4 is 14.8 Å². The number of benzene rings is 1. The molecule has 0 aliphatic heterocycles. The van der Waals surface area contributed by atoms with Gasteiger partial charge in [-0.3, -0.25) is 14.4 Å². The fourth-order valence-corrected chi connectivity index (χ4v) is 6.71. The SMILES string of the molecule is CCCCC/C=C\C/C=C\CCCCCCCC(=O)OCCCCOc1cc(COC(=O)CNC)cc(OCCCCOC(=O)CCCCCCC/C=C\C/C=C\CCCCC)c1. The zero-order valence-electron chi connectivity index (χ0n) is 40.2. The van der Waals surface area contributed by atoms with Gasteiger partial charge in [0.25, 0.3) is 0 Å². The van der Waals surface area contributed by atoms with Gasteiger partial charge in [-0.1, -0.05) is 127 Å². The van der Waals surface area contributed by atoms with Crippen LogP contribution in [0.3, 0.4) is 0 Å². The molecule has 358 valence electrons. The first-order valence-corrected chi connectivity index (χ1v) is 25.1. The zero-order chi connectivity index (χ0) is 45.5. The number of hydrogen-bond acceptors (Lipinski definition) is 9. The monoisotopic (exact) mass is 880 g/mol. The van der Waals surface area contributed by atoms with Gasteiger partial charge in [0.2, 0.25) is 0 Å². The number of carbonyl (C=O) groups is 3. The van der Waals surface area contributed by atoms with Crippen LogP contribution in [0.15, 0.2) is 66.8 Å². The molecule has 0 radical (unpaired) electrons. The van der Waals surface area contributed by atoms with Gasteiger partial charge in [0, 0.05) is 18.9 Å². The molecular weight excluding hydrogens is 791 g/mol. The molecule has 63 heavy (non-hydrogen) atoms. The van der Waals surface area contributed by atoms with E-state index in [1.165, 1.54) is 77.0 Å². The van der Waals surface area contributed by atoms with Crippen LogP contribution in [0.2, 0.25) is 0 Å². The van der Waals surface area contributed by atoms with Crippen molar-refractivity contribution in [1.29, 1.82) is 0 Å². The number of hydrogen-bond donors (Lipinski definition) is 1. The third-order valence-corrected chi connectivity index (χ3v) is 10.5. The van der Waals surface area contributed by atoms with Gasteiger partial charge in [-0.05, 0) is 127 Å². The van der Waals surface area contributed by atoms with E-state index in [0.29, 0.717) is 63.6 Å². The van der Waals surface area contributed by atoms with Crippen molar-refractivity contribution in [3.8, 4) is 11.5 Å². The van der Waals surface area contributed by atoms with E-state index in [9.17, 15) is 14.4 Å². The first kappa shape index (κ1) is 57.2. The van der Waals surface area contributed by atoms with E-state index in [1.54, 1.807) is 7.05 Å². The lowest BCUT2D eigenvalue weighted by atomic mass is 10.1. The van der Waals surface area contributed by atoms with Crippen LogP contribution in [0.25, 0.3) is 0 Å². The Morgan fingerprint density at radius 3 is 1.27 bits per heavy atom. The number of rotatable bonds is 44. The summed E-state index contributed by atoms with van der Waals surface area (Å²) < 4.78 is 28.4. The molecule has 0 bridgehead atoms. The van der Waals surface area contributed by atoms with Crippen molar-refractivity contribution in [2.24, 2.45) is 0 Å². The van der Waals surface area contributed by atoms with Crippen LogP contribution in [0.4, 0.5) is 0 Å². The van der Waals surface area contributed by atoms with Crippen LogP contribution in [0, 0.1) is 0 Å². The molecule has 9 heteroatoms. The number of carbonyl (C=O) groups excluding carboxylic acids is 3. The average molecular weight is 880 g/mol. The minimum Gasteiger partial charge on any atom is -0.493 e.